The summed E-state index contributed by atoms with van der Waals surface area (Å²) in [5, 5.41) is 4.18. The molecule has 2 nitrogen and oxygen atoms in total. The monoisotopic (exact) mass is 348 g/mol. The molecule has 4 heteroatoms. The summed E-state index contributed by atoms with van der Waals surface area (Å²) < 4.78 is 1.14. The van der Waals surface area contributed by atoms with Gasteiger partial charge in [0.15, 0.2) is 0 Å². The topological polar surface area (TPSA) is 24.4 Å². The smallest absolute Gasteiger partial charge is 0.101 e. The Kier molecular flexibility index (Phi) is 4.46. The van der Waals surface area contributed by atoms with Gasteiger partial charge < -0.3 is 5.32 Å². The molecule has 1 aromatic rings. The minimum atomic E-state index is 0.776. The zero-order valence-electron chi connectivity index (χ0n) is 8.97. The fourth-order valence-electron chi connectivity index (χ4n) is 1.72. The Morgan fingerprint density at radius 3 is 2.94 bits per heavy atom. The maximum absolute atomic E-state index is 5.92. The second kappa shape index (κ2) is 5.87. The van der Waals surface area contributed by atoms with Gasteiger partial charge in [0, 0.05) is 21.6 Å². The van der Waals surface area contributed by atoms with Crippen LogP contribution in [0, 0.1) is 3.57 Å². The lowest BCUT2D eigenvalue weighted by Crippen LogP contribution is -2.12. The van der Waals surface area contributed by atoms with Crippen molar-refractivity contribution < 1.29 is 0 Å². The first-order valence-corrected chi connectivity index (χ1v) is 6.97. The molecule has 1 N–H and O–H groups in total. The largest absolute Gasteiger partial charge is 0.343 e. The highest BCUT2D eigenvalue weighted by atomic mass is 127. The van der Waals surface area contributed by atoms with Crippen molar-refractivity contribution >= 4 is 45.7 Å². The number of hydrogen-bond acceptors (Lipinski definition) is 2. The molecule has 1 aliphatic heterocycles. The second-order valence-electron chi connectivity index (χ2n) is 3.89. The minimum absolute atomic E-state index is 0.776. The highest BCUT2D eigenvalue weighted by molar-refractivity contribution is 14.1. The molecule has 0 unspecified atom stereocenters. The summed E-state index contributed by atoms with van der Waals surface area (Å²) in [4.78, 5) is 4.55. The average Bonchev–Trinajstić information content (AvgIpc) is 2.51. The van der Waals surface area contributed by atoms with Gasteiger partial charge >= 0.3 is 0 Å². The molecule has 2 rings (SSSR count). The molecular weight excluding hydrogens is 335 g/mol. The first-order valence-electron chi connectivity index (χ1n) is 5.51. The van der Waals surface area contributed by atoms with Crippen LogP contribution in [0.25, 0.3) is 0 Å². The highest BCUT2D eigenvalue weighted by Gasteiger charge is 2.06. The van der Waals surface area contributed by atoms with Crippen molar-refractivity contribution in [3.63, 3.8) is 0 Å². The number of nitrogens with one attached hydrogen (secondary N) is 1. The van der Waals surface area contributed by atoms with E-state index in [-0.39, 0.29) is 0 Å². The van der Waals surface area contributed by atoms with E-state index in [1.807, 2.05) is 18.2 Å². The van der Waals surface area contributed by atoms with Gasteiger partial charge in [0.25, 0.3) is 0 Å². The Morgan fingerprint density at radius 2 is 2.12 bits per heavy atom. The van der Waals surface area contributed by atoms with E-state index in [0.717, 1.165) is 33.1 Å². The number of hydrogen-bond donors (Lipinski definition) is 1. The summed E-state index contributed by atoms with van der Waals surface area (Å²) in [5.41, 5.74) is 1.10. The van der Waals surface area contributed by atoms with Crippen molar-refractivity contribution in [1.29, 1.82) is 0 Å². The third-order valence-corrected chi connectivity index (χ3v) is 3.71. The van der Waals surface area contributed by atoms with Crippen LogP contribution in [-0.2, 0) is 0 Å². The fourth-order valence-corrected chi connectivity index (χ4v) is 2.73. The average molecular weight is 349 g/mol. The number of benzene rings is 1. The highest BCUT2D eigenvalue weighted by Crippen LogP contribution is 2.23. The number of halogens is 2. The standard InChI is InChI=1S/C12H14ClIN2/c13-9-5-6-11(10(14)8-9)16-12-4-2-1-3-7-15-12/h5-6,8H,1-4,7H2,(H,15,16). The zero-order chi connectivity index (χ0) is 11.4. The number of anilines is 1. The van der Waals surface area contributed by atoms with E-state index in [2.05, 4.69) is 32.9 Å². The van der Waals surface area contributed by atoms with Crippen LogP contribution in [-0.4, -0.2) is 12.4 Å². The van der Waals surface area contributed by atoms with Gasteiger partial charge in [0.05, 0.1) is 5.69 Å². The molecule has 86 valence electrons. The molecule has 1 aromatic carbocycles. The van der Waals surface area contributed by atoms with Gasteiger partial charge in [0.1, 0.15) is 5.84 Å². The van der Waals surface area contributed by atoms with Crippen LogP contribution in [0.4, 0.5) is 5.69 Å². The number of amidine groups is 1. The summed E-state index contributed by atoms with van der Waals surface area (Å²) in [6, 6.07) is 5.88. The van der Waals surface area contributed by atoms with E-state index >= 15 is 0 Å². The molecule has 0 saturated heterocycles. The van der Waals surface area contributed by atoms with Crippen LogP contribution in [0.3, 0.4) is 0 Å². The molecule has 0 aromatic heterocycles. The van der Waals surface area contributed by atoms with Crippen molar-refractivity contribution in [1.82, 2.24) is 0 Å². The van der Waals surface area contributed by atoms with E-state index in [4.69, 9.17) is 11.6 Å². The summed E-state index contributed by atoms with van der Waals surface area (Å²) in [6.07, 6.45) is 4.78. The molecule has 0 bridgehead atoms. The summed E-state index contributed by atoms with van der Waals surface area (Å²) in [7, 11) is 0. The second-order valence-corrected chi connectivity index (χ2v) is 5.49. The van der Waals surface area contributed by atoms with Gasteiger partial charge in [-0.05, 0) is 53.6 Å². The maximum Gasteiger partial charge on any atom is 0.101 e. The van der Waals surface area contributed by atoms with Crippen molar-refractivity contribution in [3.05, 3.63) is 26.8 Å². The third-order valence-electron chi connectivity index (χ3n) is 2.58. The first kappa shape index (κ1) is 12.2. The third kappa shape index (κ3) is 3.35. The predicted octanol–water partition coefficient (Wildman–Crippen LogP) is 4.33. The Bertz CT molecular complexity index is 404. The van der Waals surface area contributed by atoms with Gasteiger partial charge in [-0.3, -0.25) is 4.99 Å². The molecule has 0 spiro atoms. The minimum Gasteiger partial charge on any atom is -0.343 e. The Labute approximate surface area is 115 Å². The van der Waals surface area contributed by atoms with Crippen LogP contribution >= 0.6 is 34.2 Å². The van der Waals surface area contributed by atoms with Crippen molar-refractivity contribution in [2.45, 2.75) is 25.7 Å². The maximum atomic E-state index is 5.92. The molecule has 0 atom stereocenters. The van der Waals surface area contributed by atoms with E-state index in [1.54, 1.807) is 0 Å². The summed E-state index contributed by atoms with van der Waals surface area (Å²) in [5.74, 6) is 1.11. The molecule has 0 fully saturated rings. The summed E-state index contributed by atoms with van der Waals surface area (Å²) >= 11 is 8.21. The van der Waals surface area contributed by atoms with E-state index < -0.39 is 0 Å². The molecule has 0 radical (unpaired) electrons. The van der Waals surface area contributed by atoms with Crippen molar-refractivity contribution in [2.75, 3.05) is 11.9 Å². The molecule has 1 aliphatic rings. The van der Waals surface area contributed by atoms with E-state index in [1.165, 1.54) is 19.3 Å². The Hall–Kier alpha value is -0.290. The number of aliphatic imine (C=N–C) groups is 1. The lowest BCUT2D eigenvalue weighted by atomic mass is 10.2. The molecule has 0 saturated carbocycles. The Balaban J connectivity index is 2.10. The Morgan fingerprint density at radius 1 is 1.25 bits per heavy atom. The van der Waals surface area contributed by atoms with Gasteiger partial charge in [0.2, 0.25) is 0 Å². The zero-order valence-corrected chi connectivity index (χ0v) is 11.9. The van der Waals surface area contributed by atoms with Gasteiger partial charge in [-0.1, -0.05) is 18.0 Å². The SMILES string of the molecule is Clc1ccc(NC2=NCCCCC2)c(I)c1. The molecular formula is C12H14ClIN2. The van der Waals surface area contributed by atoms with Gasteiger partial charge in [-0.2, -0.15) is 0 Å². The molecule has 1 heterocycles. The van der Waals surface area contributed by atoms with E-state index in [9.17, 15) is 0 Å². The quantitative estimate of drug-likeness (QED) is 0.751. The van der Waals surface area contributed by atoms with Gasteiger partial charge in [-0.25, -0.2) is 0 Å². The lowest BCUT2D eigenvalue weighted by molar-refractivity contribution is 0.731. The van der Waals surface area contributed by atoms with Crippen LogP contribution in [0.2, 0.25) is 5.02 Å². The molecule has 0 amide bonds. The number of nitrogens with zero attached hydrogens (tertiary/aromatic N) is 1. The van der Waals surface area contributed by atoms with Crippen LogP contribution < -0.4 is 5.32 Å². The van der Waals surface area contributed by atoms with Gasteiger partial charge in [-0.15, -0.1) is 0 Å². The van der Waals surface area contributed by atoms with Crippen LogP contribution in [0.5, 0.6) is 0 Å². The number of rotatable bonds is 1. The predicted molar refractivity (Wildman–Crippen MR) is 78.6 cm³/mol. The fraction of sp³-hybridized carbons (Fsp3) is 0.417. The first-order chi connectivity index (χ1) is 7.75. The lowest BCUT2D eigenvalue weighted by Gasteiger charge is -2.10. The van der Waals surface area contributed by atoms with Crippen molar-refractivity contribution in [2.24, 2.45) is 4.99 Å². The van der Waals surface area contributed by atoms with E-state index in [0.29, 0.717) is 0 Å². The van der Waals surface area contributed by atoms with Crippen molar-refractivity contribution in [3.8, 4) is 0 Å². The molecule has 0 aliphatic carbocycles. The summed E-state index contributed by atoms with van der Waals surface area (Å²) in [6.45, 7) is 0.951. The normalized spacial score (nSPS) is 16.5. The van der Waals surface area contributed by atoms with Crippen LogP contribution in [0.15, 0.2) is 23.2 Å². The molecule has 16 heavy (non-hydrogen) atoms. The van der Waals surface area contributed by atoms with Crippen LogP contribution in [0.1, 0.15) is 25.7 Å².